The van der Waals surface area contributed by atoms with E-state index in [2.05, 4.69) is 10.9 Å². The van der Waals surface area contributed by atoms with E-state index in [-0.39, 0.29) is 11.3 Å². The number of carbonyl (C=O) groups is 2. The molecule has 0 heterocycles. The highest BCUT2D eigenvalue weighted by molar-refractivity contribution is 7.98. The third kappa shape index (κ3) is 6.48. The van der Waals surface area contributed by atoms with E-state index in [4.69, 9.17) is 9.47 Å². The van der Waals surface area contributed by atoms with Crippen LogP contribution in [-0.4, -0.2) is 29.6 Å². The number of carbonyl (C=O) groups excluding carboxylic acids is 2. The Bertz CT molecular complexity index is 1170. The van der Waals surface area contributed by atoms with E-state index in [0.717, 1.165) is 11.3 Å². The normalized spacial score (nSPS) is 10.3. The summed E-state index contributed by atoms with van der Waals surface area (Å²) in [5.74, 6) is 0.115. The van der Waals surface area contributed by atoms with Gasteiger partial charge in [-0.15, -0.1) is 11.8 Å². The number of amides is 2. The molecule has 0 aliphatic rings. The van der Waals surface area contributed by atoms with Crippen molar-refractivity contribution in [2.75, 3.05) is 12.9 Å². The van der Waals surface area contributed by atoms with Gasteiger partial charge in [-0.3, -0.25) is 30.6 Å². The molecule has 0 bridgehead atoms. The Balaban J connectivity index is 1.56. The fraction of sp³-hybridized carbons (Fsp3) is 0.167. The van der Waals surface area contributed by atoms with E-state index in [9.17, 15) is 19.7 Å². The predicted molar refractivity (Wildman–Crippen MR) is 128 cm³/mol. The van der Waals surface area contributed by atoms with Crippen molar-refractivity contribution >= 4 is 29.3 Å². The van der Waals surface area contributed by atoms with Crippen molar-refractivity contribution in [1.29, 1.82) is 0 Å². The number of nitrogens with one attached hydrogen (secondary N) is 2. The SMILES string of the molecule is CCOc1ccc(OCc2ccc(C(=O)NNC(=O)c3cc(SC)ccc3[N+](=O)[O-])cc2)cc1. The lowest BCUT2D eigenvalue weighted by molar-refractivity contribution is -0.385. The van der Waals surface area contributed by atoms with Crippen LogP contribution in [0.1, 0.15) is 33.2 Å². The first-order valence-electron chi connectivity index (χ1n) is 10.3. The lowest BCUT2D eigenvalue weighted by Crippen LogP contribution is -2.41. The summed E-state index contributed by atoms with van der Waals surface area (Å²) in [5.41, 5.74) is 5.18. The van der Waals surface area contributed by atoms with Crippen LogP contribution in [0.4, 0.5) is 5.69 Å². The van der Waals surface area contributed by atoms with Gasteiger partial charge in [0.15, 0.2) is 0 Å². The van der Waals surface area contributed by atoms with Crippen LogP contribution >= 0.6 is 11.8 Å². The number of nitrogens with zero attached hydrogens (tertiary/aromatic N) is 1. The van der Waals surface area contributed by atoms with Gasteiger partial charge in [-0.2, -0.15) is 0 Å². The zero-order chi connectivity index (χ0) is 24.5. The quantitative estimate of drug-likeness (QED) is 0.265. The zero-order valence-electron chi connectivity index (χ0n) is 18.6. The summed E-state index contributed by atoms with van der Waals surface area (Å²) < 4.78 is 11.1. The minimum Gasteiger partial charge on any atom is -0.494 e. The van der Waals surface area contributed by atoms with Gasteiger partial charge in [-0.05, 0) is 67.3 Å². The third-order valence-electron chi connectivity index (χ3n) is 4.69. The molecule has 0 spiro atoms. The maximum atomic E-state index is 12.4. The number of thioether (sulfide) groups is 1. The molecule has 3 aromatic carbocycles. The van der Waals surface area contributed by atoms with E-state index in [1.54, 1.807) is 36.6 Å². The van der Waals surface area contributed by atoms with Gasteiger partial charge in [-0.1, -0.05) is 12.1 Å². The largest absolute Gasteiger partial charge is 0.494 e. The number of benzene rings is 3. The Kier molecular flexibility index (Phi) is 8.47. The molecule has 0 saturated carbocycles. The molecule has 3 rings (SSSR count). The van der Waals surface area contributed by atoms with Gasteiger partial charge in [0.1, 0.15) is 23.7 Å². The maximum Gasteiger partial charge on any atom is 0.282 e. The van der Waals surface area contributed by atoms with Gasteiger partial charge >= 0.3 is 0 Å². The molecule has 9 nitrogen and oxygen atoms in total. The van der Waals surface area contributed by atoms with E-state index in [0.29, 0.717) is 29.4 Å². The van der Waals surface area contributed by atoms with E-state index < -0.39 is 16.7 Å². The number of ether oxygens (including phenoxy) is 2. The number of nitro groups is 1. The van der Waals surface area contributed by atoms with Crippen LogP contribution in [0.15, 0.2) is 71.6 Å². The van der Waals surface area contributed by atoms with Gasteiger partial charge in [0.25, 0.3) is 17.5 Å². The van der Waals surface area contributed by atoms with Gasteiger partial charge in [0.05, 0.1) is 11.5 Å². The second kappa shape index (κ2) is 11.7. The van der Waals surface area contributed by atoms with Crippen LogP contribution < -0.4 is 20.3 Å². The molecule has 2 N–H and O–H groups in total. The van der Waals surface area contributed by atoms with Crippen LogP contribution in [0.5, 0.6) is 11.5 Å². The van der Waals surface area contributed by atoms with E-state index >= 15 is 0 Å². The average molecular weight is 482 g/mol. The highest BCUT2D eigenvalue weighted by Gasteiger charge is 2.21. The summed E-state index contributed by atoms with van der Waals surface area (Å²) >= 11 is 1.34. The number of rotatable bonds is 9. The van der Waals surface area contributed by atoms with Crippen molar-refractivity contribution in [3.05, 3.63) is 93.5 Å². The molecular weight excluding hydrogens is 458 g/mol. The van der Waals surface area contributed by atoms with Crippen molar-refractivity contribution in [3.63, 3.8) is 0 Å². The Morgan fingerprint density at radius 2 is 1.53 bits per heavy atom. The topological polar surface area (TPSA) is 120 Å². The minimum absolute atomic E-state index is 0.140. The van der Waals surface area contributed by atoms with Crippen LogP contribution in [0.3, 0.4) is 0 Å². The van der Waals surface area contributed by atoms with Crippen LogP contribution in [0, 0.1) is 10.1 Å². The molecule has 3 aromatic rings. The Labute approximate surface area is 200 Å². The lowest BCUT2D eigenvalue weighted by atomic mass is 10.1. The second-order valence-corrected chi connectivity index (χ2v) is 7.82. The molecule has 0 aromatic heterocycles. The molecule has 2 amide bonds. The molecule has 0 aliphatic heterocycles. The van der Waals surface area contributed by atoms with Crippen LogP contribution in [-0.2, 0) is 6.61 Å². The fourth-order valence-corrected chi connectivity index (χ4v) is 3.39. The molecule has 34 heavy (non-hydrogen) atoms. The monoisotopic (exact) mass is 481 g/mol. The summed E-state index contributed by atoms with van der Waals surface area (Å²) in [7, 11) is 0. The van der Waals surface area contributed by atoms with Crippen LogP contribution in [0.25, 0.3) is 0 Å². The molecule has 0 aliphatic carbocycles. The Morgan fingerprint density at radius 1 is 0.912 bits per heavy atom. The van der Waals surface area contributed by atoms with Crippen molar-refractivity contribution in [3.8, 4) is 11.5 Å². The third-order valence-corrected chi connectivity index (χ3v) is 5.42. The molecule has 0 atom stereocenters. The average Bonchev–Trinajstić information content (AvgIpc) is 2.86. The molecule has 0 unspecified atom stereocenters. The van der Waals surface area contributed by atoms with Crippen molar-refractivity contribution in [2.24, 2.45) is 0 Å². The van der Waals surface area contributed by atoms with E-state index in [1.807, 2.05) is 31.2 Å². The van der Waals surface area contributed by atoms with E-state index in [1.165, 1.54) is 23.9 Å². The molecule has 10 heteroatoms. The summed E-state index contributed by atoms with van der Waals surface area (Å²) in [6, 6.07) is 18.2. The first-order valence-corrected chi connectivity index (χ1v) is 11.5. The molecule has 176 valence electrons. The number of hydrogen-bond acceptors (Lipinski definition) is 7. The van der Waals surface area contributed by atoms with Gasteiger partial charge in [-0.25, -0.2) is 0 Å². The fourth-order valence-electron chi connectivity index (χ4n) is 2.95. The summed E-state index contributed by atoms with van der Waals surface area (Å²) in [4.78, 5) is 36.1. The van der Waals surface area contributed by atoms with Crippen molar-refractivity contribution < 1.29 is 24.0 Å². The molecular formula is C24H23N3O6S. The number of hydrazine groups is 1. The molecule has 0 radical (unpaired) electrons. The predicted octanol–water partition coefficient (Wildman–Crippen LogP) is 4.37. The highest BCUT2D eigenvalue weighted by atomic mass is 32.2. The second-order valence-electron chi connectivity index (χ2n) is 6.94. The summed E-state index contributed by atoms with van der Waals surface area (Å²) in [5, 5.41) is 11.2. The number of hydrogen-bond donors (Lipinski definition) is 2. The Morgan fingerprint density at radius 3 is 2.12 bits per heavy atom. The van der Waals surface area contributed by atoms with Gasteiger partial charge < -0.3 is 9.47 Å². The molecule has 0 saturated heterocycles. The van der Waals surface area contributed by atoms with Crippen LogP contribution in [0.2, 0.25) is 0 Å². The summed E-state index contributed by atoms with van der Waals surface area (Å²) in [6.07, 6.45) is 1.79. The Hall–Kier alpha value is -4.05. The first kappa shape index (κ1) is 24.6. The van der Waals surface area contributed by atoms with Gasteiger partial charge in [0.2, 0.25) is 0 Å². The minimum atomic E-state index is -0.781. The zero-order valence-corrected chi connectivity index (χ0v) is 19.4. The highest BCUT2D eigenvalue weighted by Crippen LogP contribution is 2.24. The summed E-state index contributed by atoms with van der Waals surface area (Å²) in [6.45, 7) is 2.82. The smallest absolute Gasteiger partial charge is 0.282 e. The number of nitro benzene ring substituents is 1. The molecule has 0 fully saturated rings. The van der Waals surface area contributed by atoms with Crippen molar-refractivity contribution in [1.82, 2.24) is 10.9 Å². The first-order chi connectivity index (χ1) is 16.4. The lowest BCUT2D eigenvalue weighted by Gasteiger charge is -2.10. The van der Waals surface area contributed by atoms with Crippen molar-refractivity contribution in [2.45, 2.75) is 18.4 Å². The standard InChI is InChI=1S/C24H23N3O6S/c1-3-32-18-8-10-19(11-9-18)33-15-16-4-6-17(7-5-16)23(28)25-26-24(29)21-14-20(34-2)12-13-22(21)27(30)31/h4-14H,3,15H2,1-2H3,(H,25,28)(H,26,29). The maximum absolute atomic E-state index is 12.4. The van der Waals surface area contributed by atoms with Gasteiger partial charge in [0, 0.05) is 16.5 Å².